The molecule has 0 amide bonds. The Bertz CT molecular complexity index is 376. The third-order valence-corrected chi connectivity index (χ3v) is 15.6. The molecule has 0 aliphatic rings. The van der Waals surface area contributed by atoms with Crippen molar-refractivity contribution in [3.63, 3.8) is 0 Å². The molecule has 0 bridgehead atoms. The van der Waals surface area contributed by atoms with E-state index in [4.69, 9.17) is 30.7 Å². The third-order valence-electron chi connectivity index (χ3n) is 3.40. The lowest BCUT2D eigenvalue weighted by atomic mass is 10.5. The monoisotopic (exact) mass is 444 g/mol. The Balaban J connectivity index is 4.05. The SMILES string of the molecule is CO[Si](OC)(OC)OCCOCCC[Si](C)(C)O[Si](C)(C)O[Si](C)(C)C. The second-order valence-electron chi connectivity index (χ2n) is 8.15. The van der Waals surface area contributed by atoms with E-state index in [2.05, 4.69) is 45.8 Å². The first kappa shape index (κ1) is 26.6. The molecule has 0 rings (SSSR count). The van der Waals surface area contributed by atoms with Gasteiger partial charge in [-0.05, 0) is 58.3 Å². The maximum Gasteiger partial charge on any atom is 0.678 e. The molecule has 0 aliphatic carbocycles. The minimum absolute atomic E-state index is 0.378. The molecule has 0 atom stereocenters. The van der Waals surface area contributed by atoms with Crippen LogP contribution in [0.2, 0.25) is 51.9 Å². The van der Waals surface area contributed by atoms with E-state index in [-0.39, 0.29) is 0 Å². The molecular formula is C15H40O7Si4. The topological polar surface area (TPSA) is 64.6 Å². The van der Waals surface area contributed by atoms with Gasteiger partial charge in [-0.3, -0.25) is 0 Å². The average molecular weight is 445 g/mol. The zero-order valence-electron chi connectivity index (χ0n) is 18.4. The van der Waals surface area contributed by atoms with Gasteiger partial charge in [0.15, 0.2) is 16.6 Å². The van der Waals surface area contributed by atoms with Gasteiger partial charge < -0.3 is 30.7 Å². The molecule has 0 N–H and O–H groups in total. The largest absolute Gasteiger partial charge is 0.678 e. The summed E-state index contributed by atoms with van der Waals surface area (Å²) in [5.41, 5.74) is 0. The summed E-state index contributed by atoms with van der Waals surface area (Å²) < 4.78 is 39.6. The molecule has 0 aromatic rings. The highest BCUT2D eigenvalue weighted by Gasteiger charge is 2.42. The van der Waals surface area contributed by atoms with Gasteiger partial charge in [0.1, 0.15) is 0 Å². The average Bonchev–Trinajstić information content (AvgIpc) is 2.47. The highest BCUT2D eigenvalue weighted by Crippen LogP contribution is 2.23. The van der Waals surface area contributed by atoms with E-state index < -0.39 is 34.2 Å². The highest BCUT2D eigenvalue weighted by molar-refractivity contribution is 6.87. The molecule has 26 heavy (non-hydrogen) atoms. The lowest BCUT2D eigenvalue weighted by Crippen LogP contribution is -2.51. The molecule has 0 radical (unpaired) electrons. The lowest BCUT2D eigenvalue weighted by molar-refractivity contribution is -0.0119. The quantitative estimate of drug-likeness (QED) is 0.282. The van der Waals surface area contributed by atoms with Crippen LogP contribution in [0.5, 0.6) is 0 Å². The number of ether oxygens (including phenoxy) is 1. The van der Waals surface area contributed by atoms with E-state index in [0.717, 1.165) is 12.5 Å². The summed E-state index contributed by atoms with van der Waals surface area (Å²) >= 11 is 0. The molecule has 0 aromatic carbocycles. The van der Waals surface area contributed by atoms with Gasteiger partial charge in [0, 0.05) is 27.9 Å². The molecule has 0 saturated heterocycles. The molecule has 11 heteroatoms. The summed E-state index contributed by atoms with van der Waals surface area (Å²) in [5.74, 6) is 0. The molecule has 0 aliphatic heterocycles. The summed E-state index contributed by atoms with van der Waals surface area (Å²) in [4.78, 5) is 0. The van der Waals surface area contributed by atoms with E-state index in [0.29, 0.717) is 19.8 Å². The molecule has 158 valence electrons. The van der Waals surface area contributed by atoms with E-state index in [9.17, 15) is 0 Å². The summed E-state index contributed by atoms with van der Waals surface area (Å²) in [5, 5.41) is 0. The summed E-state index contributed by atoms with van der Waals surface area (Å²) in [6.45, 7) is 17.0. The molecule has 0 saturated carbocycles. The third kappa shape index (κ3) is 12.1. The molecule has 0 fully saturated rings. The fourth-order valence-corrected chi connectivity index (χ4v) is 17.2. The van der Waals surface area contributed by atoms with Crippen molar-refractivity contribution >= 4 is 34.2 Å². The normalized spacial score (nSPS) is 14.1. The molecule has 7 nitrogen and oxygen atoms in total. The summed E-state index contributed by atoms with van der Waals surface area (Å²) in [6, 6.07) is 1.05. The molecule has 0 heterocycles. The summed E-state index contributed by atoms with van der Waals surface area (Å²) in [6.07, 6.45) is 0.970. The Labute approximate surface area is 164 Å². The summed E-state index contributed by atoms with van der Waals surface area (Å²) in [7, 11) is -3.81. The predicted molar refractivity (Wildman–Crippen MR) is 113 cm³/mol. The van der Waals surface area contributed by atoms with Crippen molar-refractivity contribution in [2.45, 2.75) is 58.3 Å². The maximum atomic E-state index is 6.48. The van der Waals surface area contributed by atoms with Crippen LogP contribution in [0.1, 0.15) is 6.42 Å². The minimum atomic E-state index is -2.96. The van der Waals surface area contributed by atoms with Gasteiger partial charge >= 0.3 is 17.6 Å². The zero-order valence-corrected chi connectivity index (χ0v) is 22.4. The van der Waals surface area contributed by atoms with Crippen LogP contribution in [-0.2, 0) is 30.7 Å². The van der Waals surface area contributed by atoms with Crippen LogP contribution in [-0.4, -0.2) is 75.4 Å². The standard InChI is InChI=1S/C15H40O7Si4/c1-16-26(17-2,18-3)20-14-13-19-12-11-15-24(7,8)22-25(9,10)21-23(4,5)6/h11-15H2,1-10H3. The van der Waals surface area contributed by atoms with Crippen LogP contribution in [0.25, 0.3) is 0 Å². The first-order valence-electron chi connectivity index (χ1n) is 9.08. The van der Waals surface area contributed by atoms with E-state index in [1.54, 1.807) is 0 Å². The molecular weight excluding hydrogens is 405 g/mol. The Morgan fingerprint density at radius 2 is 1.19 bits per heavy atom. The van der Waals surface area contributed by atoms with Crippen LogP contribution >= 0.6 is 0 Å². The smallest absolute Gasteiger partial charge is 0.437 e. The van der Waals surface area contributed by atoms with E-state index >= 15 is 0 Å². The number of rotatable bonds is 15. The fraction of sp³-hybridized carbons (Fsp3) is 1.00. The highest BCUT2D eigenvalue weighted by atomic mass is 28.5. The van der Waals surface area contributed by atoms with Gasteiger partial charge in [0.05, 0.1) is 13.2 Å². The Hall–Kier alpha value is 0.588. The van der Waals surface area contributed by atoms with Crippen LogP contribution in [0, 0.1) is 0 Å². The lowest BCUT2D eigenvalue weighted by Gasteiger charge is -2.37. The number of hydrogen-bond donors (Lipinski definition) is 0. The first-order valence-corrected chi connectivity index (χ1v) is 20.1. The van der Waals surface area contributed by atoms with Gasteiger partial charge in [-0.2, -0.15) is 0 Å². The second-order valence-corrected chi connectivity index (χ2v) is 23.3. The fourth-order valence-electron chi connectivity index (χ4n) is 2.83. The van der Waals surface area contributed by atoms with Crippen molar-refractivity contribution in [2.24, 2.45) is 0 Å². The second kappa shape index (κ2) is 11.6. The van der Waals surface area contributed by atoms with Gasteiger partial charge in [-0.25, -0.2) is 0 Å². The Morgan fingerprint density at radius 3 is 1.65 bits per heavy atom. The van der Waals surface area contributed by atoms with Crippen LogP contribution < -0.4 is 0 Å². The maximum absolute atomic E-state index is 6.48. The molecule has 0 aromatic heterocycles. The van der Waals surface area contributed by atoms with Gasteiger partial charge in [-0.1, -0.05) is 0 Å². The van der Waals surface area contributed by atoms with Crippen molar-refractivity contribution in [3.05, 3.63) is 0 Å². The van der Waals surface area contributed by atoms with Crippen molar-refractivity contribution in [2.75, 3.05) is 41.2 Å². The zero-order chi connectivity index (χ0) is 20.5. The number of hydrogen-bond acceptors (Lipinski definition) is 7. The van der Waals surface area contributed by atoms with Crippen molar-refractivity contribution in [1.82, 2.24) is 0 Å². The van der Waals surface area contributed by atoms with Gasteiger partial charge in [-0.15, -0.1) is 0 Å². The van der Waals surface area contributed by atoms with Crippen LogP contribution in [0.3, 0.4) is 0 Å². The molecule has 0 unspecified atom stereocenters. The van der Waals surface area contributed by atoms with Crippen LogP contribution in [0.4, 0.5) is 0 Å². The van der Waals surface area contributed by atoms with Gasteiger partial charge in [0.25, 0.3) is 0 Å². The minimum Gasteiger partial charge on any atom is -0.437 e. The first-order chi connectivity index (χ1) is 11.8. The predicted octanol–water partition coefficient (Wildman–Crippen LogP) is 3.56. The van der Waals surface area contributed by atoms with Crippen molar-refractivity contribution in [1.29, 1.82) is 0 Å². The van der Waals surface area contributed by atoms with E-state index in [1.807, 2.05) is 0 Å². The van der Waals surface area contributed by atoms with E-state index in [1.165, 1.54) is 21.3 Å². The Kier molecular flexibility index (Phi) is 11.8. The van der Waals surface area contributed by atoms with Crippen molar-refractivity contribution < 1.29 is 30.7 Å². The van der Waals surface area contributed by atoms with Crippen LogP contribution in [0.15, 0.2) is 0 Å². The Morgan fingerprint density at radius 1 is 0.654 bits per heavy atom. The molecule has 0 spiro atoms. The van der Waals surface area contributed by atoms with Crippen molar-refractivity contribution in [3.8, 4) is 0 Å². The van der Waals surface area contributed by atoms with Gasteiger partial charge in [0.2, 0.25) is 0 Å².